The maximum Gasteiger partial charge on any atom is 0.306 e. The molecule has 0 spiro atoms. The third-order valence-corrected chi connectivity index (χ3v) is 3.34. The normalized spacial score (nSPS) is 9.75. The first-order valence-corrected chi connectivity index (χ1v) is 8.75. The first-order chi connectivity index (χ1) is 13.5. The van der Waals surface area contributed by atoms with Gasteiger partial charge in [0, 0.05) is 19.1 Å². The first kappa shape index (κ1) is 23.1. The molecule has 0 aliphatic heterocycles. The third kappa shape index (κ3) is 9.64. The Bertz CT molecular complexity index is 693. The van der Waals surface area contributed by atoms with Crippen molar-refractivity contribution in [3.05, 3.63) is 42.5 Å². The second kappa shape index (κ2) is 13.2. The van der Waals surface area contributed by atoms with Crippen LogP contribution in [-0.4, -0.2) is 49.8 Å². The van der Waals surface area contributed by atoms with Crippen LogP contribution in [0.25, 0.3) is 0 Å². The van der Waals surface area contributed by atoms with Gasteiger partial charge in [0.1, 0.15) is 19.0 Å². The first-order valence-electron chi connectivity index (χ1n) is 8.34. The summed E-state index contributed by atoms with van der Waals surface area (Å²) in [5.74, 6) is -0.847. The highest BCUT2D eigenvalue weighted by atomic mass is 32.1. The molecule has 152 valence electrons. The standard InChI is InChI=1S/C18H23N3O6S/c1-3-10-26-14-6-4-13(5-7-14)17(24)20-21-18(28)19-15(22)8-9-16(23)27-12-11-25-2/h3-7H,1,8-12H2,2H3,(H,20,24)(H2,19,21,22,28). The number of hydrazine groups is 1. The molecule has 0 atom stereocenters. The third-order valence-electron chi connectivity index (χ3n) is 3.13. The zero-order chi connectivity index (χ0) is 20.8. The quantitative estimate of drug-likeness (QED) is 0.171. The molecule has 0 radical (unpaired) electrons. The Labute approximate surface area is 168 Å². The number of carbonyl (C=O) groups is 3. The van der Waals surface area contributed by atoms with Gasteiger partial charge in [-0.05, 0) is 36.5 Å². The lowest BCUT2D eigenvalue weighted by Gasteiger charge is -2.11. The highest BCUT2D eigenvalue weighted by Gasteiger charge is 2.11. The molecule has 3 N–H and O–H groups in total. The summed E-state index contributed by atoms with van der Waals surface area (Å²) in [6.07, 6.45) is 1.42. The zero-order valence-electron chi connectivity index (χ0n) is 15.5. The summed E-state index contributed by atoms with van der Waals surface area (Å²) in [6, 6.07) is 6.44. The van der Waals surface area contributed by atoms with Crippen LogP contribution in [0.15, 0.2) is 36.9 Å². The molecule has 28 heavy (non-hydrogen) atoms. The Kier molecular flexibility index (Phi) is 10.9. The minimum Gasteiger partial charge on any atom is -0.490 e. The summed E-state index contributed by atoms with van der Waals surface area (Å²) in [5, 5.41) is 2.25. The van der Waals surface area contributed by atoms with Crippen LogP contribution in [0.1, 0.15) is 23.2 Å². The van der Waals surface area contributed by atoms with E-state index >= 15 is 0 Å². The van der Waals surface area contributed by atoms with Gasteiger partial charge in [-0.2, -0.15) is 0 Å². The van der Waals surface area contributed by atoms with E-state index < -0.39 is 17.8 Å². The molecule has 0 aliphatic rings. The lowest BCUT2D eigenvalue weighted by molar-refractivity contribution is -0.146. The second-order valence-electron chi connectivity index (χ2n) is 5.29. The largest absolute Gasteiger partial charge is 0.490 e. The van der Waals surface area contributed by atoms with Gasteiger partial charge in [0.25, 0.3) is 5.91 Å². The minimum absolute atomic E-state index is 0.0925. The van der Waals surface area contributed by atoms with Crippen molar-refractivity contribution >= 4 is 35.1 Å². The van der Waals surface area contributed by atoms with Crippen molar-refractivity contribution in [2.75, 3.05) is 26.9 Å². The van der Waals surface area contributed by atoms with Crippen LogP contribution in [-0.2, 0) is 19.1 Å². The summed E-state index contributed by atoms with van der Waals surface area (Å²) >= 11 is 4.91. The van der Waals surface area contributed by atoms with Gasteiger partial charge < -0.3 is 19.5 Å². The van der Waals surface area contributed by atoms with E-state index in [4.69, 9.17) is 26.4 Å². The smallest absolute Gasteiger partial charge is 0.306 e. The zero-order valence-corrected chi connectivity index (χ0v) is 16.3. The predicted molar refractivity (Wildman–Crippen MR) is 106 cm³/mol. The molecule has 0 fully saturated rings. The summed E-state index contributed by atoms with van der Waals surface area (Å²) in [5.41, 5.74) is 5.14. The van der Waals surface area contributed by atoms with Gasteiger partial charge >= 0.3 is 5.97 Å². The van der Waals surface area contributed by atoms with E-state index in [0.29, 0.717) is 17.9 Å². The lowest BCUT2D eigenvalue weighted by Crippen LogP contribution is -2.48. The SMILES string of the molecule is C=CCOc1ccc(C(=O)NNC(=S)NC(=O)CCC(=O)OCCOC)cc1. The van der Waals surface area contributed by atoms with E-state index in [2.05, 4.69) is 22.7 Å². The van der Waals surface area contributed by atoms with Gasteiger partial charge in [0.05, 0.1) is 13.0 Å². The number of hydrogen-bond acceptors (Lipinski definition) is 7. The van der Waals surface area contributed by atoms with Crippen LogP contribution in [0.5, 0.6) is 5.75 Å². The number of nitrogens with one attached hydrogen (secondary N) is 3. The summed E-state index contributed by atoms with van der Waals surface area (Å²) in [7, 11) is 1.49. The van der Waals surface area contributed by atoms with Crippen LogP contribution in [0, 0.1) is 0 Å². The van der Waals surface area contributed by atoms with Crippen molar-refractivity contribution in [1.29, 1.82) is 0 Å². The maximum atomic E-state index is 12.0. The van der Waals surface area contributed by atoms with Crippen molar-refractivity contribution in [1.82, 2.24) is 16.2 Å². The van der Waals surface area contributed by atoms with Gasteiger partial charge in [-0.1, -0.05) is 12.7 Å². The van der Waals surface area contributed by atoms with E-state index in [1.165, 1.54) is 7.11 Å². The van der Waals surface area contributed by atoms with Crippen LogP contribution in [0.3, 0.4) is 0 Å². The number of esters is 1. The van der Waals surface area contributed by atoms with Crippen LogP contribution < -0.4 is 20.9 Å². The number of methoxy groups -OCH3 is 1. The van der Waals surface area contributed by atoms with Crippen molar-refractivity contribution in [3.8, 4) is 5.75 Å². The fraction of sp³-hybridized carbons (Fsp3) is 0.333. The van der Waals surface area contributed by atoms with Crippen LogP contribution >= 0.6 is 12.2 Å². The molecule has 9 nitrogen and oxygen atoms in total. The molecule has 0 saturated carbocycles. The Morgan fingerprint density at radius 3 is 2.46 bits per heavy atom. The fourth-order valence-electron chi connectivity index (χ4n) is 1.79. The molecule has 1 aromatic rings. The Morgan fingerprint density at radius 1 is 1.11 bits per heavy atom. The number of carbonyl (C=O) groups excluding carboxylic acids is 3. The minimum atomic E-state index is -0.514. The van der Waals surface area contributed by atoms with Crippen molar-refractivity contribution in [2.24, 2.45) is 0 Å². The lowest BCUT2D eigenvalue weighted by atomic mass is 10.2. The highest BCUT2D eigenvalue weighted by molar-refractivity contribution is 7.80. The Morgan fingerprint density at radius 2 is 1.82 bits per heavy atom. The molecule has 0 aliphatic carbocycles. The Hall–Kier alpha value is -2.98. The van der Waals surface area contributed by atoms with Gasteiger partial charge in [0.15, 0.2) is 5.11 Å². The Balaban J connectivity index is 2.29. The van der Waals surface area contributed by atoms with E-state index in [0.717, 1.165) is 0 Å². The van der Waals surface area contributed by atoms with Gasteiger partial charge in [0.2, 0.25) is 5.91 Å². The monoisotopic (exact) mass is 409 g/mol. The van der Waals surface area contributed by atoms with E-state index in [-0.39, 0.29) is 31.2 Å². The summed E-state index contributed by atoms with van der Waals surface area (Å²) < 4.78 is 14.9. The molecule has 0 saturated heterocycles. The summed E-state index contributed by atoms with van der Waals surface area (Å²) in [6.45, 7) is 4.34. The van der Waals surface area contributed by atoms with Gasteiger partial charge in [-0.15, -0.1) is 0 Å². The molecule has 0 aromatic heterocycles. The van der Waals surface area contributed by atoms with Gasteiger partial charge in [-0.3, -0.25) is 25.2 Å². The van der Waals surface area contributed by atoms with E-state index in [9.17, 15) is 14.4 Å². The number of ether oxygens (including phenoxy) is 3. The van der Waals surface area contributed by atoms with Crippen molar-refractivity contribution < 1.29 is 28.6 Å². The van der Waals surface area contributed by atoms with Crippen molar-refractivity contribution in [3.63, 3.8) is 0 Å². The number of benzene rings is 1. The number of thiocarbonyl (C=S) groups is 1. The molecular formula is C18H23N3O6S. The molecular weight excluding hydrogens is 386 g/mol. The van der Waals surface area contributed by atoms with Gasteiger partial charge in [-0.25, -0.2) is 0 Å². The maximum absolute atomic E-state index is 12.0. The van der Waals surface area contributed by atoms with Crippen molar-refractivity contribution in [2.45, 2.75) is 12.8 Å². The molecule has 1 aromatic carbocycles. The average molecular weight is 409 g/mol. The average Bonchev–Trinajstić information content (AvgIpc) is 2.69. The fourth-order valence-corrected chi connectivity index (χ4v) is 1.96. The summed E-state index contributed by atoms with van der Waals surface area (Å²) in [4.78, 5) is 35.1. The molecule has 0 unspecified atom stereocenters. The second-order valence-corrected chi connectivity index (χ2v) is 5.70. The number of hydrogen-bond donors (Lipinski definition) is 3. The van der Waals surface area contributed by atoms with E-state index in [1.54, 1.807) is 30.3 Å². The topological polar surface area (TPSA) is 115 Å². The van der Waals surface area contributed by atoms with E-state index in [1.807, 2.05) is 0 Å². The predicted octanol–water partition coefficient (Wildman–Crippen LogP) is 0.857. The van der Waals surface area contributed by atoms with Crippen LogP contribution in [0.4, 0.5) is 0 Å². The molecule has 0 heterocycles. The molecule has 1 rings (SSSR count). The molecule has 0 bridgehead atoms. The van der Waals surface area contributed by atoms with Crippen LogP contribution in [0.2, 0.25) is 0 Å². The molecule has 10 heteroatoms. The number of rotatable bonds is 10. The highest BCUT2D eigenvalue weighted by Crippen LogP contribution is 2.11. The number of amides is 2. The molecule has 2 amide bonds.